The van der Waals surface area contributed by atoms with Crippen LogP contribution in [0.3, 0.4) is 0 Å². The molecule has 0 amide bonds. The highest BCUT2D eigenvalue weighted by Gasteiger charge is 2.16. The third-order valence-corrected chi connectivity index (χ3v) is 6.88. The molecule has 0 spiro atoms. The van der Waals surface area contributed by atoms with Crippen molar-refractivity contribution in [3.05, 3.63) is 70.3 Å². The monoisotopic (exact) mass is 466 g/mol. The van der Waals surface area contributed by atoms with Crippen molar-refractivity contribution in [2.24, 2.45) is 5.10 Å². The van der Waals surface area contributed by atoms with Gasteiger partial charge in [0.15, 0.2) is 0 Å². The maximum atomic E-state index is 12.6. The maximum Gasteiger partial charge on any atom is 0.276 e. The molecule has 0 aliphatic heterocycles. The van der Waals surface area contributed by atoms with Gasteiger partial charge >= 0.3 is 0 Å². The lowest BCUT2D eigenvalue weighted by Crippen LogP contribution is -2.28. The van der Waals surface area contributed by atoms with Crippen LogP contribution in [0, 0.1) is 10.1 Å². The summed E-state index contributed by atoms with van der Waals surface area (Å²) in [6.45, 7) is 5.60. The van der Waals surface area contributed by atoms with E-state index in [-0.39, 0.29) is 10.6 Å². The van der Waals surface area contributed by atoms with Gasteiger partial charge in [0.2, 0.25) is 0 Å². The fourth-order valence-corrected chi connectivity index (χ4v) is 4.63. The zero-order valence-corrected chi connectivity index (χ0v) is 19.0. The van der Waals surface area contributed by atoms with Crippen molar-refractivity contribution >= 4 is 49.7 Å². The zero-order valence-electron chi connectivity index (χ0n) is 16.5. The highest BCUT2D eigenvalue weighted by Crippen LogP contribution is 2.17. The first-order chi connectivity index (χ1) is 14.3. The Labute approximate surface area is 185 Å². The van der Waals surface area contributed by atoms with Crippen LogP contribution in [0.2, 0.25) is 0 Å². The lowest BCUT2D eigenvalue weighted by atomic mass is 10.1. The Morgan fingerprint density at radius 1 is 1.13 bits per heavy atom. The summed E-state index contributed by atoms with van der Waals surface area (Å²) < 4.78 is 25.8. The number of thiocarbonyl (C=S) groups is 1. The molecule has 0 aliphatic rings. The molecule has 0 radical (unpaired) electrons. The standard InChI is InChI=1S/C19H22N4O4S3/c1-3-22(4-2)19(28)29-14-18(15-8-6-5-7-9-15)20-21-30(26,27)17-12-10-16(11-13-17)23(24)25/h5-13,21H,3-4,14H2,1-2H3/b20-18-. The molecule has 30 heavy (non-hydrogen) atoms. The van der Waals surface area contributed by atoms with Crippen LogP contribution in [0.15, 0.2) is 64.6 Å². The van der Waals surface area contributed by atoms with Crippen LogP contribution in [-0.4, -0.2) is 47.1 Å². The van der Waals surface area contributed by atoms with E-state index in [2.05, 4.69) is 9.93 Å². The molecule has 0 heterocycles. The van der Waals surface area contributed by atoms with Crippen molar-refractivity contribution in [2.45, 2.75) is 18.7 Å². The summed E-state index contributed by atoms with van der Waals surface area (Å²) in [4.78, 5) is 14.3. The van der Waals surface area contributed by atoms with Gasteiger partial charge in [0.05, 0.1) is 15.5 Å². The Balaban J connectivity index is 2.23. The Morgan fingerprint density at radius 2 is 1.73 bits per heavy atom. The molecule has 1 N–H and O–H groups in total. The topological polar surface area (TPSA) is 105 Å². The minimum absolute atomic E-state index is 0.115. The summed E-state index contributed by atoms with van der Waals surface area (Å²) >= 11 is 6.85. The van der Waals surface area contributed by atoms with Gasteiger partial charge in [-0.3, -0.25) is 10.1 Å². The zero-order chi connectivity index (χ0) is 22.1. The summed E-state index contributed by atoms with van der Waals surface area (Å²) in [6.07, 6.45) is 0. The summed E-state index contributed by atoms with van der Waals surface area (Å²) in [5, 5.41) is 14.9. The molecular formula is C19H22N4O4S3. The van der Waals surface area contributed by atoms with Gasteiger partial charge in [-0.25, -0.2) is 0 Å². The first-order valence-corrected chi connectivity index (χ1v) is 12.0. The van der Waals surface area contributed by atoms with E-state index in [0.29, 0.717) is 15.8 Å². The van der Waals surface area contributed by atoms with Crippen molar-refractivity contribution in [1.29, 1.82) is 0 Å². The first kappa shape index (κ1) is 23.8. The van der Waals surface area contributed by atoms with E-state index in [0.717, 1.165) is 30.8 Å². The number of non-ortho nitro benzene ring substituents is 1. The number of nitrogens with zero attached hydrogens (tertiary/aromatic N) is 3. The summed E-state index contributed by atoms with van der Waals surface area (Å²) in [7, 11) is -3.98. The lowest BCUT2D eigenvalue weighted by molar-refractivity contribution is -0.384. The van der Waals surface area contributed by atoms with Gasteiger partial charge in [-0.05, 0) is 31.5 Å². The molecule has 0 unspecified atom stereocenters. The fourth-order valence-electron chi connectivity index (χ4n) is 2.43. The van der Waals surface area contributed by atoms with Gasteiger partial charge in [-0.2, -0.15) is 18.4 Å². The number of hydrogen-bond donors (Lipinski definition) is 1. The number of nitro groups is 1. The summed E-state index contributed by atoms with van der Waals surface area (Å²) in [5.74, 6) is 0.377. The van der Waals surface area contributed by atoms with Crippen molar-refractivity contribution in [1.82, 2.24) is 9.73 Å². The predicted octanol–water partition coefficient (Wildman–Crippen LogP) is 3.64. The Bertz CT molecular complexity index is 1010. The highest BCUT2D eigenvalue weighted by molar-refractivity contribution is 8.23. The third-order valence-electron chi connectivity index (χ3n) is 4.12. The number of hydrogen-bond acceptors (Lipinski definition) is 7. The van der Waals surface area contributed by atoms with Crippen molar-refractivity contribution < 1.29 is 13.3 Å². The second-order valence-electron chi connectivity index (χ2n) is 6.00. The van der Waals surface area contributed by atoms with E-state index in [1.807, 2.05) is 49.1 Å². The molecule has 2 aromatic carbocycles. The van der Waals surface area contributed by atoms with Gasteiger partial charge in [0.1, 0.15) is 4.32 Å². The van der Waals surface area contributed by atoms with Crippen molar-refractivity contribution in [3.63, 3.8) is 0 Å². The van der Waals surface area contributed by atoms with Gasteiger partial charge in [0.25, 0.3) is 15.7 Å². The lowest BCUT2D eigenvalue weighted by Gasteiger charge is -2.21. The third kappa shape index (κ3) is 6.51. The number of nitro benzene ring substituents is 1. The average molecular weight is 467 g/mol. The second kappa shape index (κ2) is 11.0. The van der Waals surface area contributed by atoms with Gasteiger partial charge in [-0.15, -0.1) is 0 Å². The van der Waals surface area contributed by atoms with Crippen LogP contribution < -0.4 is 4.83 Å². The molecule has 11 heteroatoms. The van der Waals surface area contributed by atoms with Crippen LogP contribution in [-0.2, 0) is 10.0 Å². The van der Waals surface area contributed by atoms with Crippen LogP contribution in [0.1, 0.15) is 19.4 Å². The Kier molecular flexibility index (Phi) is 8.75. The van der Waals surface area contributed by atoms with Gasteiger partial charge in [0, 0.05) is 31.0 Å². The molecule has 160 valence electrons. The molecule has 0 bridgehead atoms. The van der Waals surface area contributed by atoms with Crippen molar-refractivity contribution in [2.75, 3.05) is 18.8 Å². The predicted molar refractivity (Wildman–Crippen MR) is 124 cm³/mol. The molecular weight excluding hydrogens is 444 g/mol. The molecule has 0 aromatic heterocycles. The Morgan fingerprint density at radius 3 is 2.27 bits per heavy atom. The van der Waals surface area contributed by atoms with Crippen molar-refractivity contribution in [3.8, 4) is 0 Å². The number of benzene rings is 2. The molecule has 0 aliphatic carbocycles. The molecule has 8 nitrogen and oxygen atoms in total. The van der Waals surface area contributed by atoms with E-state index in [1.54, 1.807) is 0 Å². The highest BCUT2D eigenvalue weighted by atomic mass is 32.2. The first-order valence-electron chi connectivity index (χ1n) is 9.08. The fraction of sp³-hybridized carbons (Fsp3) is 0.263. The minimum Gasteiger partial charge on any atom is -0.358 e. The van der Waals surface area contributed by atoms with E-state index in [9.17, 15) is 18.5 Å². The number of rotatable bonds is 9. The quantitative estimate of drug-likeness (QED) is 0.260. The normalized spacial score (nSPS) is 11.7. The largest absolute Gasteiger partial charge is 0.358 e. The molecule has 0 fully saturated rings. The maximum absolute atomic E-state index is 12.6. The SMILES string of the molecule is CCN(CC)C(=S)SC/C(=N/NS(=O)(=O)c1ccc([N+](=O)[O-])cc1)c1ccccc1. The molecule has 0 saturated heterocycles. The van der Waals surface area contributed by atoms with Gasteiger partial charge in [-0.1, -0.05) is 54.3 Å². The van der Waals surface area contributed by atoms with E-state index < -0.39 is 14.9 Å². The van der Waals surface area contributed by atoms with Crippen LogP contribution in [0.4, 0.5) is 5.69 Å². The second-order valence-corrected chi connectivity index (χ2v) is 9.27. The number of hydrazone groups is 1. The van der Waals surface area contributed by atoms with E-state index >= 15 is 0 Å². The molecule has 0 atom stereocenters. The molecule has 2 rings (SSSR count). The van der Waals surface area contributed by atoms with Crippen LogP contribution in [0.5, 0.6) is 0 Å². The molecule has 0 saturated carbocycles. The van der Waals surface area contributed by atoms with Gasteiger partial charge < -0.3 is 4.90 Å². The summed E-state index contributed by atoms with van der Waals surface area (Å²) in [6, 6.07) is 13.8. The number of nitrogens with one attached hydrogen (secondary N) is 1. The molecule has 2 aromatic rings. The minimum atomic E-state index is -3.98. The number of thioether (sulfide) groups is 1. The average Bonchev–Trinajstić information content (AvgIpc) is 2.75. The van der Waals surface area contributed by atoms with Crippen LogP contribution >= 0.6 is 24.0 Å². The Hall–Kier alpha value is -2.50. The summed E-state index contributed by atoms with van der Waals surface area (Å²) in [5.41, 5.74) is 1.09. The smallest absolute Gasteiger partial charge is 0.276 e. The van der Waals surface area contributed by atoms with E-state index in [4.69, 9.17) is 12.2 Å². The van der Waals surface area contributed by atoms with Crippen LogP contribution in [0.25, 0.3) is 0 Å². The van der Waals surface area contributed by atoms with E-state index in [1.165, 1.54) is 23.9 Å². The number of sulfonamides is 1.